The Labute approximate surface area is 117 Å². The zero-order valence-electron chi connectivity index (χ0n) is 11.2. The number of aromatic hydroxyl groups is 1. The second-order valence-electron chi connectivity index (χ2n) is 4.36. The highest BCUT2D eigenvalue weighted by atomic mass is 32.1. The molecule has 1 aromatic carbocycles. The van der Waals surface area contributed by atoms with E-state index >= 15 is 0 Å². The highest BCUT2D eigenvalue weighted by Gasteiger charge is 2.29. The van der Waals surface area contributed by atoms with Crippen LogP contribution in [0, 0.1) is 0 Å². The van der Waals surface area contributed by atoms with Crippen LogP contribution in [-0.4, -0.2) is 28.7 Å². The van der Waals surface area contributed by atoms with Crippen LogP contribution in [-0.2, 0) is 0 Å². The molecule has 1 rings (SSSR count). The van der Waals surface area contributed by atoms with Gasteiger partial charge in [-0.2, -0.15) is 0 Å². The maximum Gasteiger partial charge on any atom is 0.255 e. The van der Waals surface area contributed by atoms with Crippen LogP contribution in [0.15, 0.2) is 18.2 Å². The highest BCUT2D eigenvalue weighted by Crippen LogP contribution is 2.29. The predicted molar refractivity (Wildman–Crippen MR) is 77.6 cm³/mol. The van der Waals surface area contributed by atoms with E-state index in [1.54, 1.807) is 19.1 Å². The lowest BCUT2D eigenvalue weighted by atomic mass is 9.98. The molecule has 0 spiro atoms. The Kier molecular flexibility index (Phi) is 4.72. The van der Waals surface area contributed by atoms with E-state index in [1.807, 2.05) is 6.92 Å². The second kappa shape index (κ2) is 5.88. The Balaban J connectivity index is 3.05. The third-order valence-corrected chi connectivity index (χ3v) is 3.55. The molecule has 0 aromatic heterocycles. The SMILES string of the molecule is CCC(C)(NC(=O)c1cccc(OC)c1O)C(N)=S. The third kappa shape index (κ3) is 3.14. The van der Waals surface area contributed by atoms with Crippen molar-refractivity contribution < 1.29 is 14.6 Å². The number of hydrogen-bond acceptors (Lipinski definition) is 4. The van der Waals surface area contributed by atoms with E-state index in [4.69, 9.17) is 22.7 Å². The molecule has 5 nitrogen and oxygen atoms in total. The van der Waals surface area contributed by atoms with Gasteiger partial charge in [-0.25, -0.2) is 0 Å². The van der Waals surface area contributed by atoms with Crippen LogP contribution in [0.5, 0.6) is 11.5 Å². The Morgan fingerprint density at radius 2 is 2.21 bits per heavy atom. The summed E-state index contributed by atoms with van der Waals surface area (Å²) in [4.78, 5) is 12.4. The van der Waals surface area contributed by atoms with Gasteiger partial charge in [0.25, 0.3) is 5.91 Å². The highest BCUT2D eigenvalue weighted by molar-refractivity contribution is 7.80. The Morgan fingerprint density at radius 3 is 2.68 bits per heavy atom. The minimum absolute atomic E-state index is 0.121. The molecule has 0 aliphatic heterocycles. The molecule has 104 valence electrons. The molecule has 6 heteroatoms. The van der Waals surface area contributed by atoms with Crippen LogP contribution in [0.2, 0.25) is 0 Å². The van der Waals surface area contributed by atoms with Crippen molar-refractivity contribution >= 4 is 23.1 Å². The largest absolute Gasteiger partial charge is 0.504 e. The molecule has 19 heavy (non-hydrogen) atoms. The fourth-order valence-corrected chi connectivity index (χ4v) is 1.71. The van der Waals surface area contributed by atoms with Gasteiger partial charge in [-0.1, -0.05) is 25.2 Å². The molecule has 0 saturated heterocycles. The second-order valence-corrected chi connectivity index (χ2v) is 4.80. The van der Waals surface area contributed by atoms with Crippen LogP contribution in [0.3, 0.4) is 0 Å². The van der Waals surface area contributed by atoms with Crippen LogP contribution < -0.4 is 15.8 Å². The molecule has 1 atom stereocenters. The van der Waals surface area contributed by atoms with Gasteiger partial charge in [0, 0.05) is 0 Å². The lowest BCUT2D eigenvalue weighted by molar-refractivity contribution is 0.0923. The number of carbonyl (C=O) groups excluding carboxylic acids is 1. The van der Waals surface area contributed by atoms with Gasteiger partial charge < -0.3 is 20.9 Å². The number of amides is 1. The van der Waals surface area contributed by atoms with E-state index in [1.165, 1.54) is 13.2 Å². The fourth-order valence-electron chi connectivity index (χ4n) is 1.51. The number of methoxy groups -OCH3 is 1. The molecule has 0 bridgehead atoms. The molecule has 1 unspecified atom stereocenters. The molecule has 0 heterocycles. The monoisotopic (exact) mass is 282 g/mol. The van der Waals surface area contributed by atoms with E-state index in [0.29, 0.717) is 6.42 Å². The molecule has 0 saturated carbocycles. The van der Waals surface area contributed by atoms with E-state index in [-0.39, 0.29) is 22.1 Å². The van der Waals surface area contributed by atoms with Crippen molar-refractivity contribution in [1.82, 2.24) is 5.32 Å². The summed E-state index contributed by atoms with van der Waals surface area (Å²) in [5.41, 5.74) is 4.96. The first kappa shape index (κ1) is 15.2. The smallest absolute Gasteiger partial charge is 0.255 e. The van der Waals surface area contributed by atoms with Gasteiger partial charge in [-0.3, -0.25) is 4.79 Å². The first-order valence-corrected chi connectivity index (χ1v) is 6.25. The van der Waals surface area contributed by atoms with Crippen molar-refractivity contribution in [2.45, 2.75) is 25.8 Å². The molecule has 1 amide bonds. The van der Waals surface area contributed by atoms with Crippen LogP contribution in [0.25, 0.3) is 0 Å². The van der Waals surface area contributed by atoms with Crippen molar-refractivity contribution in [1.29, 1.82) is 0 Å². The molecular formula is C13H18N2O3S. The summed E-state index contributed by atoms with van der Waals surface area (Å²) in [6.45, 7) is 3.61. The molecule has 4 N–H and O–H groups in total. The number of benzene rings is 1. The first-order valence-electron chi connectivity index (χ1n) is 5.84. The third-order valence-electron chi connectivity index (χ3n) is 3.10. The van der Waals surface area contributed by atoms with Crippen LogP contribution in [0.4, 0.5) is 0 Å². The van der Waals surface area contributed by atoms with Gasteiger partial charge in [-0.15, -0.1) is 0 Å². The van der Waals surface area contributed by atoms with Gasteiger partial charge in [0.15, 0.2) is 11.5 Å². The molecule has 0 aliphatic rings. The average molecular weight is 282 g/mol. The summed E-state index contributed by atoms with van der Waals surface area (Å²) in [6, 6.07) is 4.69. The Hall–Kier alpha value is -1.82. The lowest BCUT2D eigenvalue weighted by Gasteiger charge is -2.28. The van der Waals surface area contributed by atoms with Gasteiger partial charge in [0.05, 0.1) is 23.2 Å². The number of rotatable bonds is 5. The zero-order valence-corrected chi connectivity index (χ0v) is 12.0. The van der Waals surface area contributed by atoms with E-state index in [2.05, 4.69) is 5.32 Å². The van der Waals surface area contributed by atoms with Crippen LogP contribution >= 0.6 is 12.2 Å². The van der Waals surface area contributed by atoms with Crippen molar-refractivity contribution in [3.8, 4) is 11.5 Å². The van der Waals surface area contributed by atoms with E-state index < -0.39 is 11.4 Å². The normalized spacial score (nSPS) is 13.4. The molecule has 0 aliphatic carbocycles. The summed E-state index contributed by atoms with van der Waals surface area (Å²) in [5.74, 6) is -0.418. The van der Waals surface area contributed by atoms with Crippen LogP contribution in [0.1, 0.15) is 30.6 Å². The number of phenols is 1. The van der Waals surface area contributed by atoms with Gasteiger partial charge in [0.2, 0.25) is 0 Å². The number of ether oxygens (including phenoxy) is 1. The standard InChI is InChI=1S/C13H18N2O3S/c1-4-13(2,12(14)19)15-11(17)8-6-5-7-9(18-3)10(8)16/h5-7,16H,4H2,1-3H3,(H2,14,19)(H,15,17). The van der Waals surface area contributed by atoms with E-state index in [0.717, 1.165) is 0 Å². The molecule has 0 radical (unpaired) electrons. The number of nitrogens with one attached hydrogen (secondary N) is 1. The van der Waals surface area contributed by atoms with Crippen molar-refractivity contribution in [3.05, 3.63) is 23.8 Å². The quantitative estimate of drug-likeness (QED) is 0.714. The summed E-state index contributed by atoms with van der Waals surface area (Å²) in [7, 11) is 1.42. The number of thiocarbonyl (C=S) groups is 1. The molecular weight excluding hydrogens is 264 g/mol. The number of nitrogens with two attached hydrogens (primary N) is 1. The van der Waals surface area contributed by atoms with Gasteiger partial charge >= 0.3 is 0 Å². The number of carbonyl (C=O) groups is 1. The fraction of sp³-hybridized carbons (Fsp3) is 0.385. The Bertz CT molecular complexity index is 505. The predicted octanol–water partition coefficient (Wildman–Crippen LogP) is 1.59. The van der Waals surface area contributed by atoms with Gasteiger partial charge in [-0.05, 0) is 25.5 Å². The first-order chi connectivity index (χ1) is 8.85. The zero-order chi connectivity index (χ0) is 14.6. The topological polar surface area (TPSA) is 84.6 Å². The number of para-hydroxylation sites is 1. The maximum absolute atomic E-state index is 12.2. The van der Waals surface area contributed by atoms with E-state index in [9.17, 15) is 9.90 Å². The molecule has 0 fully saturated rings. The Morgan fingerprint density at radius 1 is 1.58 bits per heavy atom. The summed E-state index contributed by atoms with van der Waals surface area (Å²) >= 11 is 4.96. The van der Waals surface area contributed by atoms with Crippen molar-refractivity contribution in [2.75, 3.05) is 7.11 Å². The summed E-state index contributed by atoms with van der Waals surface area (Å²) < 4.78 is 4.96. The van der Waals surface area contributed by atoms with Gasteiger partial charge in [0.1, 0.15) is 0 Å². The summed E-state index contributed by atoms with van der Waals surface area (Å²) in [6.07, 6.45) is 0.554. The molecule has 1 aromatic rings. The van der Waals surface area contributed by atoms with Crippen molar-refractivity contribution in [2.24, 2.45) is 5.73 Å². The number of phenolic OH excluding ortho intramolecular Hbond substituents is 1. The average Bonchev–Trinajstić information content (AvgIpc) is 2.38. The minimum Gasteiger partial charge on any atom is -0.504 e. The summed E-state index contributed by atoms with van der Waals surface area (Å²) in [5, 5.41) is 12.6. The van der Waals surface area contributed by atoms with Crippen molar-refractivity contribution in [3.63, 3.8) is 0 Å². The lowest BCUT2D eigenvalue weighted by Crippen LogP contribution is -2.54. The number of hydrogen-bond donors (Lipinski definition) is 3. The minimum atomic E-state index is -0.790. The maximum atomic E-state index is 12.2.